The number of carbonyl (C=O) groups excluding carboxylic acids is 1. The molecule has 1 amide bonds. The number of benzene rings is 2. The molecule has 0 radical (unpaired) electrons. The minimum absolute atomic E-state index is 0.00814. The molecule has 3 aromatic rings. The van der Waals surface area contributed by atoms with E-state index in [0.29, 0.717) is 0 Å². The van der Waals surface area contributed by atoms with E-state index in [-0.39, 0.29) is 5.91 Å². The van der Waals surface area contributed by atoms with Crippen LogP contribution in [-0.4, -0.2) is 5.91 Å². The Morgan fingerprint density at radius 2 is 1.77 bits per heavy atom. The van der Waals surface area contributed by atoms with Crippen molar-refractivity contribution in [2.75, 3.05) is 4.90 Å². The Labute approximate surface area is 133 Å². The van der Waals surface area contributed by atoms with Crippen molar-refractivity contribution < 1.29 is 9.36 Å². The molecule has 4 heteroatoms. The van der Waals surface area contributed by atoms with Crippen LogP contribution in [0.4, 0.5) is 5.69 Å². The molecule has 2 aromatic carbocycles. The van der Waals surface area contributed by atoms with Crippen molar-refractivity contribution in [3.63, 3.8) is 0 Å². The van der Waals surface area contributed by atoms with Crippen molar-refractivity contribution in [1.29, 1.82) is 0 Å². The van der Waals surface area contributed by atoms with E-state index < -0.39 is 0 Å². The van der Waals surface area contributed by atoms with E-state index in [1.165, 1.54) is 10.2 Å². The lowest BCUT2D eigenvalue weighted by atomic mass is 10.3. The van der Waals surface area contributed by atoms with Gasteiger partial charge < -0.3 is 0 Å². The molecule has 110 valence electrons. The highest BCUT2D eigenvalue weighted by Crippen LogP contribution is 2.21. The average Bonchev–Trinajstić information content (AvgIpc) is 2.85. The normalized spacial score (nSPS) is 11.2. The fourth-order valence-corrected chi connectivity index (χ4v) is 3.41. The number of hydrogen-bond acceptors (Lipinski definition) is 2. The van der Waals surface area contributed by atoms with E-state index in [1.807, 2.05) is 61.8 Å². The number of amides is 1. The second-order valence-corrected chi connectivity index (χ2v) is 6.07. The molecule has 22 heavy (non-hydrogen) atoms. The molecular formula is C18H17N2OS+. The van der Waals surface area contributed by atoms with Gasteiger partial charge in [0, 0.05) is 31.0 Å². The largest absolute Gasteiger partial charge is 0.288 e. The van der Waals surface area contributed by atoms with Crippen LogP contribution in [0.5, 0.6) is 0 Å². The Balaban J connectivity index is 1.96. The van der Waals surface area contributed by atoms with E-state index >= 15 is 0 Å². The van der Waals surface area contributed by atoms with Gasteiger partial charge in [0.25, 0.3) is 5.01 Å². The highest BCUT2D eigenvalue weighted by Gasteiger charge is 2.14. The van der Waals surface area contributed by atoms with Crippen LogP contribution in [-0.2, 0) is 11.8 Å². The average molecular weight is 309 g/mol. The van der Waals surface area contributed by atoms with Gasteiger partial charge in [0.05, 0.1) is 0 Å². The number of carbonyl (C=O) groups is 1. The Morgan fingerprint density at radius 1 is 1.09 bits per heavy atom. The SMILES string of the molecule is CC(=O)N(/C=C/c1sc2ccccc2[n+]1C)c1ccccc1. The quantitative estimate of drug-likeness (QED) is 0.676. The summed E-state index contributed by atoms with van der Waals surface area (Å²) in [6.07, 6.45) is 3.82. The number of hydrogen-bond donors (Lipinski definition) is 0. The lowest BCUT2D eigenvalue weighted by Crippen LogP contribution is -2.29. The van der Waals surface area contributed by atoms with Gasteiger partial charge >= 0.3 is 0 Å². The molecule has 0 fully saturated rings. The summed E-state index contributed by atoms with van der Waals surface area (Å²) in [5, 5.41) is 1.10. The summed E-state index contributed by atoms with van der Waals surface area (Å²) in [5.41, 5.74) is 2.07. The summed E-state index contributed by atoms with van der Waals surface area (Å²) in [7, 11) is 2.04. The lowest BCUT2D eigenvalue weighted by Gasteiger charge is -2.15. The van der Waals surface area contributed by atoms with Crippen LogP contribution in [0.25, 0.3) is 16.3 Å². The zero-order chi connectivity index (χ0) is 15.5. The van der Waals surface area contributed by atoms with E-state index in [4.69, 9.17) is 0 Å². The maximum absolute atomic E-state index is 11.9. The molecular weight excluding hydrogens is 292 g/mol. The Bertz CT molecular complexity index is 837. The van der Waals surface area contributed by atoms with Crippen LogP contribution in [0.3, 0.4) is 0 Å². The summed E-state index contributed by atoms with van der Waals surface area (Å²) >= 11 is 1.71. The van der Waals surface area contributed by atoms with Gasteiger partial charge in [-0.2, -0.15) is 4.57 Å². The molecule has 1 heterocycles. The molecule has 0 spiro atoms. The first-order chi connectivity index (χ1) is 10.7. The van der Waals surface area contributed by atoms with Crippen LogP contribution in [0.1, 0.15) is 11.9 Å². The monoisotopic (exact) mass is 309 g/mol. The van der Waals surface area contributed by atoms with Crippen molar-refractivity contribution in [1.82, 2.24) is 0 Å². The van der Waals surface area contributed by atoms with Crippen molar-refractivity contribution in [3.8, 4) is 0 Å². The van der Waals surface area contributed by atoms with Gasteiger partial charge in [-0.1, -0.05) is 41.7 Å². The van der Waals surface area contributed by atoms with Crippen molar-refractivity contribution >= 4 is 39.2 Å². The van der Waals surface area contributed by atoms with Crippen molar-refractivity contribution in [2.45, 2.75) is 6.92 Å². The Hall–Kier alpha value is -2.46. The predicted octanol–water partition coefficient (Wildman–Crippen LogP) is 3.75. The van der Waals surface area contributed by atoms with E-state index in [2.05, 4.69) is 16.7 Å². The summed E-state index contributed by atoms with van der Waals surface area (Å²) in [6, 6.07) is 17.9. The van der Waals surface area contributed by atoms with Gasteiger partial charge in [-0.25, -0.2) is 0 Å². The van der Waals surface area contributed by atoms with Crippen LogP contribution >= 0.6 is 11.3 Å². The van der Waals surface area contributed by atoms with E-state index in [0.717, 1.165) is 10.7 Å². The number of fused-ring (bicyclic) bond motifs is 1. The second-order valence-electron chi connectivity index (χ2n) is 5.01. The molecule has 0 atom stereocenters. The number of rotatable bonds is 3. The first kappa shape index (κ1) is 14.5. The number of nitrogens with zero attached hydrogens (tertiary/aromatic N) is 2. The molecule has 0 saturated carbocycles. The predicted molar refractivity (Wildman–Crippen MR) is 91.6 cm³/mol. The lowest BCUT2D eigenvalue weighted by molar-refractivity contribution is -0.642. The number of para-hydroxylation sites is 2. The van der Waals surface area contributed by atoms with Gasteiger partial charge in [-0.05, 0) is 18.2 Å². The number of thiazole rings is 1. The highest BCUT2D eigenvalue weighted by atomic mass is 32.1. The maximum atomic E-state index is 11.9. The summed E-state index contributed by atoms with van der Waals surface area (Å²) in [5.74, 6) is -0.00814. The number of anilines is 1. The van der Waals surface area contributed by atoms with Crippen LogP contribution in [0.2, 0.25) is 0 Å². The topological polar surface area (TPSA) is 24.2 Å². The molecule has 0 bridgehead atoms. The third kappa shape index (κ3) is 2.78. The summed E-state index contributed by atoms with van der Waals surface area (Å²) in [4.78, 5) is 13.6. The first-order valence-corrected chi connectivity index (χ1v) is 7.89. The Morgan fingerprint density at radius 3 is 2.45 bits per heavy atom. The maximum Gasteiger partial charge on any atom is 0.264 e. The molecule has 3 nitrogen and oxygen atoms in total. The van der Waals surface area contributed by atoms with Crippen LogP contribution < -0.4 is 9.47 Å². The highest BCUT2D eigenvalue weighted by molar-refractivity contribution is 7.18. The van der Waals surface area contributed by atoms with Gasteiger partial charge in [0.1, 0.15) is 11.7 Å². The summed E-state index contributed by atoms with van der Waals surface area (Å²) in [6.45, 7) is 1.57. The minimum atomic E-state index is -0.00814. The molecule has 3 rings (SSSR count). The van der Waals surface area contributed by atoms with Gasteiger partial charge in [-0.3, -0.25) is 9.69 Å². The number of aryl methyl sites for hydroxylation is 1. The molecule has 0 aliphatic carbocycles. The van der Waals surface area contributed by atoms with Gasteiger partial charge in [-0.15, -0.1) is 0 Å². The number of aromatic nitrogens is 1. The standard InChI is InChI=1S/C18H17N2OS/c1-14(21)20(15-8-4-3-5-9-15)13-12-18-19(2)16-10-6-7-11-17(16)22-18/h3-13H,1-2H3/q+1. The summed E-state index contributed by atoms with van der Waals surface area (Å²) < 4.78 is 3.37. The van der Waals surface area contributed by atoms with Gasteiger partial charge in [0.15, 0.2) is 0 Å². The zero-order valence-electron chi connectivity index (χ0n) is 12.6. The zero-order valence-corrected chi connectivity index (χ0v) is 13.4. The molecule has 0 aliphatic heterocycles. The minimum Gasteiger partial charge on any atom is -0.288 e. The molecule has 0 N–H and O–H groups in total. The van der Waals surface area contributed by atoms with Crippen LogP contribution in [0.15, 0.2) is 60.8 Å². The van der Waals surface area contributed by atoms with Crippen LogP contribution in [0, 0.1) is 0 Å². The fourth-order valence-electron chi connectivity index (χ4n) is 2.37. The third-order valence-electron chi connectivity index (χ3n) is 3.51. The molecule has 0 aliphatic rings. The Kier molecular flexibility index (Phi) is 4.02. The van der Waals surface area contributed by atoms with E-state index in [1.54, 1.807) is 23.2 Å². The molecule has 0 saturated heterocycles. The van der Waals surface area contributed by atoms with Crippen molar-refractivity contribution in [2.24, 2.45) is 7.05 Å². The first-order valence-electron chi connectivity index (χ1n) is 7.07. The van der Waals surface area contributed by atoms with Gasteiger partial charge in [0.2, 0.25) is 11.4 Å². The molecule has 1 aromatic heterocycles. The van der Waals surface area contributed by atoms with Crippen molar-refractivity contribution in [3.05, 3.63) is 65.8 Å². The second kappa shape index (κ2) is 6.12. The van der Waals surface area contributed by atoms with E-state index in [9.17, 15) is 4.79 Å². The molecule has 0 unspecified atom stereocenters. The third-order valence-corrected chi connectivity index (χ3v) is 4.70. The fraction of sp³-hybridized carbons (Fsp3) is 0.111. The smallest absolute Gasteiger partial charge is 0.264 e.